The summed E-state index contributed by atoms with van der Waals surface area (Å²) < 4.78 is 37.0. The smallest absolute Gasteiger partial charge is 0.338 e. The molecule has 0 aliphatic carbocycles. The summed E-state index contributed by atoms with van der Waals surface area (Å²) >= 11 is 0. The van der Waals surface area contributed by atoms with Gasteiger partial charge in [-0.05, 0) is 35.9 Å². The van der Waals surface area contributed by atoms with Crippen molar-refractivity contribution in [2.45, 2.75) is 0 Å². The summed E-state index contributed by atoms with van der Waals surface area (Å²) in [6, 6.07) is 7.71. The maximum absolute atomic E-state index is 13.9. The van der Waals surface area contributed by atoms with Crippen molar-refractivity contribution in [2.75, 3.05) is 20.3 Å². The third kappa shape index (κ3) is 3.59. The molecule has 0 aromatic heterocycles. The Morgan fingerprint density at radius 1 is 1.18 bits per heavy atom. The molecule has 2 N–H and O–H groups in total. The number of halogens is 2. The van der Waals surface area contributed by atoms with Crippen LogP contribution in [0.2, 0.25) is 0 Å². The van der Waals surface area contributed by atoms with E-state index in [1.54, 1.807) is 6.07 Å². The highest BCUT2D eigenvalue weighted by atomic mass is 19.1. The first-order chi connectivity index (χ1) is 10.5. The second-order valence-corrected chi connectivity index (χ2v) is 4.50. The highest BCUT2D eigenvalue weighted by molar-refractivity contribution is 5.91. The van der Waals surface area contributed by atoms with Crippen LogP contribution < -0.4 is 10.5 Å². The molecule has 0 heterocycles. The number of benzene rings is 2. The van der Waals surface area contributed by atoms with Crippen molar-refractivity contribution < 1.29 is 23.0 Å². The van der Waals surface area contributed by atoms with Crippen LogP contribution in [0.15, 0.2) is 36.4 Å². The number of rotatable bonds is 5. The first kappa shape index (κ1) is 15.9. The fourth-order valence-corrected chi connectivity index (χ4v) is 1.97. The molecular weight excluding hydrogens is 292 g/mol. The minimum absolute atomic E-state index is 0.157. The number of nitrogens with two attached hydrogens (primary N) is 1. The lowest BCUT2D eigenvalue weighted by Crippen LogP contribution is -2.11. The fourth-order valence-electron chi connectivity index (χ4n) is 1.97. The molecule has 0 aliphatic rings. The van der Waals surface area contributed by atoms with Crippen molar-refractivity contribution in [1.82, 2.24) is 0 Å². The van der Waals surface area contributed by atoms with Gasteiger partial charge in [0.25, 0.3) is 0 Å². The van der Waals surface area contributed by atoms with E-state index >= 15 is 0 Å². The van der Waals surface area contributed by atoms with Crippen molar-refractivity contribution >= 4 is 5.97 Å². The van der Waals surface area contributed by atoms with Crippen LogP contribution in [0.25, 0.3) is 11.1 Å². The van der Waals surface area contributed by atoms with E-state index in [0.717, 1.165) is 12.1 Å². The molecule has 0 aliphatic heterocycles. The van der Waals surface area contributed by atoms with Gasteiger partial charge in [0.2, 0.25) is 0 Å². The summed E-state index contributed by atoms with van der Waals surface area (Å²) in [6.07, 6.45) is 0. The van der Waals surface area contributed by atoms with Gasteiger partial charge in [0, 0.05) is 18.2 Å². The topological polar surface area (TPSA) is 61.5 Å². The zero-order valence-corrected chi connectivity index (χ0v) is 11.9. The molecule has 2 aromatic carbocycles. The van der Waals surface area contributed by atoms with Crippen molar-refractivity contribution in [3.63, 3.8) is 0 Å². The Bertz CT molecular complexity index is 689. The molecular formula is C16H15F2NO3. The van der Waals surface area contributed by atoms with Crippen LogP contribution in [0.1, 0.15) is 10.4 Å². The van der Waals surface area contributed by atoms with Crippen LogP contribution in [-0.4, -0.2) is 26.2 Å². The molecule has 0 spiro atoms. The molecule has 0 fully saturated rings. The monoisotopic (exact) mass is 307 g/mol. The van der Waals surface area contributed by atoms with E-state index in [1.807, 2.05) is 0 Å². The van der Waals surface area contributed by atoms with Crippen LogP contribution >= 0.6 is 0 Å². The molecule has 0 unspecified atom stereocenters. The van der Waals surface area contributed by atoms with Crippen molar-refractivity contribution in [3.8, 4) is 16.9 Å². The fraction of sp³-hybridized carbons (Fsp3) is 0.188. The SMILES string of the molecule is COC(=O)c1cc(OCCN)cc(-c2ccc(F)cc2F)c1. The highest BCUT2D eigenvalue weighted by Gasteiger charge is 2.13. The van der Waals surface area contributed by atoms with E-state index < -0.39 is 17.6 Å². The van der Waals surface area contributed by atoms with Crippen LogP contribution in [0.3, 0.4) is 0 Å². The number of esters is 1. The molecule has 0 saturated carbocycles. The summed E-state index contributed by atoms with van der Waals surface area (Å²) in [5, 5.41) is 0. The second kappa shape index (κ2) is 7.00. The molecule has 0 atom stereocenters. The lowest BCUT2D eigenvalue weighted by molar-refractivity contribution is 0.0600. The maximum Gasteiger partial charge on any atom is 0.338 e. The standard InChI is InChI=1S/C16H15F2NO3/c1-21-16(20)11-6-10(7-13(8-11)22-5-4-19)14-3-2-12(17)9-15(14)18/h2-3,6-9H,4-5,19H2,1H3. The van der Waals surface area contributed by atoms with Crippen LogP contribution in [0.4, 0.5) is 8.78 Å². The molecule has 0 amide bonds. The third-order valence-electron chi connectivity index (χ3n) is 2.96. The first-order valence-corrected chi connectivity index (χ1v) is 6.57. The van der Waals surface area contributed by atoms with Gasteiger partial charge in [-0.15, -0.1) is 0 Å². The normalized spacial score (nSPS) is 10.4. The largest absolute Gasteiger partial charge is 0.492 e. The Labute approximate surface area is 126 Å². The van der Waals surface area contributed by atoms with Gasteiger partial charge in [-0.1, -0.05) is 0 Å². The minimum atomic E-state index is -0.730. The summed E-state index contributed by atoms with van der Waals surface area (Å²) in [5.74, 6) is -1.63. The van der Waals surface area contributed by atoms with Gasteiger partial charge < -0.3 is 15.2 Å². The molecule has 4 nitrogen and oxygen atoms in total. The predicted molar refractivity (Wildman–Crippen MR) is 77.7 cm³/mol. The van der Waals surface area contributed by atoms with Gasteiger partial charge in [-0.2, -0.15) is 0 Å². The predicted octanol–water partition coefficient (Wildman–Crippen LogP) is 2.76. The Morgan fingerprint density at radius 2 is 1.95 bits per heavy atom. The van der Waals surface area contributed by atoms with E-state index in [-0.39, 0.29) is 17.7 Å². The minimum Gasteiger partial charge on any atom is -0.492 e. The molecule has 2 rings (SSSR count). The lowest BCUT2D eigenvalue weighted by atomic mass is 10.0. The average molecular weight is 307 g/mol. The Kier molecular flexibility index (Phi) is 5.06. The summed E-state index contributed by atoms with van der Waals surface area (Å²) in [7, 11) is 1.24. The summed E-state index contributed by atoms with van der Waals surface area (Å²) in [5.41, 5.74) is 6.12. The zero-order valence-electron chi connectivity index (χ0n) is 11.9. The number of hydrogen-bond acceptors (Lipinski definition) is 4. The number of methoxy groups -OCH3 is 1. The molecule has 6 heteroatoms. The summed E-state index contributed by atoms with van der Waals surface area (Å²) in [4.78, 5) is 11.7. The molecule has 0 saturated heterocycles. The van der Waals surface area contributed by atoms with E-state index in [2.05, 4.69) is 4.74 Å². The molecule has 0 bridgehead atoms. The molecule has 116 valence electrons. The number of carbonyl (C=O) groups is 1. The van der Waals surface area contributed by atoms with E-state index in [4.69, 9.17) is 10.5 Å². The van der Waals surface area contributed by atoms with Crippen LogP contribution in [-0.2, 0) is 4.74 Å². The van der Waals surface area contributed by atoms with E-state index in [1.165, 1.54) is 25.3 Å². The van der Waals surface area contributed by atoms with Crippen molar-refractivity contribution in [3.05, 3.63) is 53.6 Å². The third-order valence-corrected chi connectivity index (χ3v) is 2.96. The Morgan fingerprint density at radius 3 is 2.59 bits per heavy atom. The Balaban J connectivity index is 2.51. The van der Waals surface area contributed by atoms with Gasteiger partial charge in [0.05, 0.1) is 12.7 Å². The van der Waals surface area contributed by atoms with Gasteiger partial charge in [0.15, 0.2) is 0 Å². The van der Waals surface area contributed by atoms with E-state index in [9.17, 15) is 13.6 Å². The zero-order chi connectivity index (χ0) is 16.1. The van der Waals surface area contributed by atoms with Gasteiger partial charge in [0.1, 0.15) is 24.0 Å². The maximum atomic E-state index is 13.9. The van der Waals surface area contributed by atoms with Gasteiger partial charge in [-0.3, -0.25) is 0 Å². The first-order valence-electron chi connectivity index (χ1n) is 6.57. The second-order valence-electron chi connectivity index (χ2n) is 4.50. The quantitative estimate of drug-likeness (QED) is 0.863. The molecule has 0 radical (unpaired) electrons. The van der Waals surface area contributed by atoms with E-state index in [0.29, 0.717) is 17.9 Å². The van der Waals surface area contributed by atoms with Crippen LogP contribution in [0, 0.1) is 11.6 Å². The van der Waals surface area contributed by atoms with Crippen LogP contribution in [0.5, 0.6) is 5.75 Å². The number of hydrogen-bond donors (Lipinski definition) is 1. The number of carbonyl (C=O) groups excluding carboxylic acids is 1. The Hall–Kier alpha value is -2.47. The number of ether oxygens (including phenoxy) is 2. The average Bonchev–Trinajstić information content (AvgIpc) is 2.51. The van der Waals surface area contributed by atoms with Gasteiger partial charge >= 0.3 is 5.97 Å². The van der Waals surface area contributed by atoms with Crippen molar-refractivity contribution in [2.24, 2.45) is 5.73 Å². The highest BCUT2D eigenvalue weighted by Crippen LogP contribution is 2.29. The summed E-state index contributed by atoms with van der Waals surface area (Å²) in [6.45, 7) is 0.540. The lowest BCUT2D eigenvalue weighted by Gasteiger charge is -2.11. The molecule has 2 aromatic rings. The van der Waals surface area contributed by atoms with Gasteiger partial charge in [-0.25, -0.2) is 13.6 Å². The molecule has 22 heavy (non-hydrogen) atoms. The van der Waals surface area contributed by atoms with Crippen molar-refractivity contribution in [1.29, 1.82) is 0 Å².